The zero-order valence-corrected chi connectivity index (χ0v) is 13.8. The van der Waals surface area contributed by atoms with Crippen molar-refractivity contribution in [2.24, 2.45) is 10.4 Å². The van der Waals surface area contributed by atoms with E-state index in [1.165, 1.54) is 6.42 Å². The van der Waals surface area contributed by atoms with Crippen molar-refractivity contribution in [3.05, 3.63) is 24.2 Å². The van der Waals surface area contributed by atoms with Crippen molar-refractivity contribution >= 4 is 5.96 Å². The molecule has 0 bridgehead atoms. The number of rotatable bonds is 3. The zero-order chi connectivity index (χ0) is 16.4. The molecule has 8 nitrogen and oxygen atoms in total. The average molecular weight is 330 g/mol. The Labute approximate surface area is 140 Å². The lowest BCUT2D eigenvalue weighted by Crippen LogP contribution is -2.41. The van der Waals surface area contributed by atoms with E-state index in [-0.39, 0.29) is 0 Å². The van der Waals surface area contributed by atoms with Gasteiger partial charge >= 0.3 is 0 Å². The molecule has 0 amide bonds. The zero-order valence-electron chi connectivity index (χ0n) is 13.8. The summed E-state index contributed by atoms with van der Waals surface area (Å²) >= 11 is 0. The van der Waals surface area contributed by atoms with Crippen LogP contribution in [0.2, 0.25) is 0 Å². The topological polar surface area (TPSA) is 91.6 Å². The Morgan fingerprint density at radius 3 is 3.21 bits per heavy atom. The minimum absolute atomic E-state index is 0.316. The number of aromatic nitrogens is 3. The van der Waals surface area contributed by atoms with Crippen LogP contribution in [0.15, 0.2) is 27.8 Å². The Bertz CT molecular complexity index is 702. The number of aliphatic imine (C=N–C) groups is 1. The van der Waals surface area contributed by atoms with Gasteiger partial charge in [0.05, 0.1) is 19.4 Å². The molecule has 4 rings (SSSR count). The summed E-state index contributed by atoms with van der Waals surface area (Å²) in [6, 6.07) is 3.66. The molecule has 0 saturated carbocycles. The van der Waals surface area contributed by atoms with Crippen LogP contribution in [0.1, 0.15) is 18.7 Å². The molecule has 2 aliphatic rings. The molecule has 2 aromatic rings. The Morgan fingerprint density at radius 1 is 1.50 bits per heavy atom. The van der Waals surface area contributed by atoms with Gasteiger partial charge in [-0.3, -0.25) is 10.1 Å². The summed E-state index contributed by atoms with van der Waals surface area (Å²) in [7, 11) is 1.81. The van der Waals surface area contributed by atoms with Crippen LogP contribution in [0.4, 0.5) is 0 Å². The van der Waals surface area contributed by atoms with E-state index >= 15 is 0 Å². The molecule has 2 fully saturated rings. The molecule has 128 valence electrons. The average Bonchev–Trinajstić information content (AvgIpc) is 3.37. The van der Waals surface area contributed by atoms with Gasteiger partial charge in [0.2, 0.25) is 5.82 Å². The molecule has 0 aliphatic carbocycles. The van der Waals surface area contributed by atoms with Gasteiger partial charge in [0.1, 0.15) is 5.82 Å². The summed E-state index contributed by atoms with van der Waals surface area (Å²) in [6.45, 7) is 4.31. The molecule has 2 N–H and O–H groups in total. The Kier molecular flexibility index (Phi) is 3.97. The number of nitrogens with one attached hydrogen (secondary N) is 2. The van der Waals surface area contributed by atoms with E-state index in [9.17, 15) is 0 Å². The Hall–Kier alpha value is -2.35. The summed E-state index contributed by atoms with van der Waals surface area (Å²) < 4.78 is 10.9. The SMILES string of the molecule is CN=C(NCc1nc(-c2ccco2)n[nH]1)N1CCC2(CCOC2)C1. The number of ether oxygens (including phenoxy) is 1. The van der Waals surface area contributed by atoms with Crippen molar-refractivity contribution in [3.63, 3.8) is 0 Å². The van der Waals surface area contributed by atoms with Gasteiger partial charge in [0, 0.05) is 32.2 Å². The first-order valence-electron chi connectivity index (χ1n) is 8.27. The maximum atomic E-state index is 5.59. The number of hydrogen-bond donors (Lipinski definition) is 2. The van der Waals surface area contributed by atoms with Gasteiger partial charge in [-0.15, -0.1) is 5.10 Å². The van der Waals surface area contributed by atoms with E-state index in [1.54, 1.807) is 6.26 Å². The molecule has 8 heteroatoms. The van der Waals surface area contributed by atoms with Crippen LogP contribution in [-0.4, -0.2) is 59.4 Å². The highest BCUT2D eigenvalue weighted by molar-refractivity contribution is 5.80. The molecule has 2 aromatic heterocycles. The monoisotopic (exact) mass is 330 g/mol. The first-order chi connectivity index (χ1) is 11.8. The molecule has 0 aromatic carbocycles. The fourth-order valence-corrected chi connectivity index (χ4v) is 3.47. The van der Waals surface area contributed by atoms with Gasteiger partial charge < -0.3 is 19.4 Å². The van der Waals surface area contributed by atoms with E-state index in [2.05, 4.69) is 30.4 Å². The van der Waals surface area contributed by atoms with E-state index in [0.717, 1.165) is 44.5 Å². The van der Waals surface area contributed by atoms with E-state index < -0.39 is 0 Å². The normalized spacial score (nSPS) is 24.2. The summed E-state index contributed by atoms with van der Waals surface area (Å²) in [6.07, 6.45) is 3.93. The lowest BCUT2D eigenvalue weighted by atomic mass is 9.87. The van der Waals surface area contributed by atoms with E-state index in [1.807, 2.05) is 19.2 Å². The number of nitrogens with zero attached hydrogens (tertiary/aromatic N) is 4. The highest BCUT2D eigenvalue weighted by atomic mass is 16.5. The first kappa shape index (κ1) is 15.2. The van der Waals surface area contributed by atoms with Gasteiger partial charge in [-0.25, -0.2) is 4.98 Å². The number of likely N-dealkylation sites (tertiary alicyclic amines) is 1. The largest absolute Gasteiger partial charge is 0.461 e. The van der Waals surface area contributed by atoms with Gasteiger partial charge in [-0.2, -0.15) is 0 Å². The minimum Gasteiger partial charge on any atom is -0.461 e. The van der Waals surface area contributed by atoms with Crippen LogP contribution in [0.5, 0.6) is 0 Å². The molecular weight excluding hydrogens is 308 g/mol. The fraction of sp³-hybridized carbons (Fsp3) is 0.562. The van der Waals surface area contributed by atoms with Crippen LogP contribution in [0.25, 0.3) is 11.6 Å². The van der Waals surface area contributed by atoms with Gasteiger partial charge in [-0.1, -0.05) is 0 Å². The van der Waals surface area contributed by atoms with Crippen LogP contribution < -0.4 is 5.32 Å². The fourth-order valence-electron chi connectivity index (χ4n) is 3.47. The molecular formula is C16H22N6O2. The third-order valence-electron chi connectivity index (χ3n) is 4.82. The van der Waals surface area contributed by atoms with Crippen LogP contribution in [0, 0.1) is 5.41 Å². The van der Waals surface area contributed by atoms with Crippen molar-refractivity contribution in [1.29, 1.82) is 0 Å². The number of hydrogen-bond acceptors (Lipinski definition) is 5. The standard InChI is InChI=1S/C16H22N6O2/c1-17-15(22-6-4-16(10-22)5-8-23-11-16)18-9-13-19-14(21-20-13)12-3-2-7-24-12/h2-3,7H,4-6,8-11H2,1H3,(H,17,18)(H,19,20,21). The van der Waals surface area contributed by atoms with Crippen LogP contribution in [-0.2, 0) is 11.3 Å². The second-order valence-corrected chi connectivity index (χ2v) is 6.46. The summed E-state index contributed by atoms with van der Waals surface area (Å²) in [5.74, 6) is 2.87. The maximum Gasteiger partial charge on any atom is 0.216 e. The highest BCUT2D eigenvalue weighted by Crippen LogP contribution is 2.38. The number of aromatic amines is 1. The maximum absolute atomic E-state index is 5.59. The molecule has 2 saturated heterocycles. The summed E-state index contributed by atoms with van der Waals surface area (Å²) in [4.78, 5) is 11.2. The van der Waals surface area contributed by atoms with Gasteiger partial charge in [0.15, 0.2) is 11.7 Å². The van der Waals surface area contributed by atoms with Gasteiger partial charge in [-0.05, 0) is 25.0 Å². The van der Waals surface area contributed by atoms with E-state index in [0.29, 0.717) is 23.5 Å². The van der Waals surface area contributed by atoms with Crippen molar-refractivity contribution in [2.45, 2.75) is 19.4 Å². The molecule has 24 heavy (non-hydrogen) atoms. The minimum atomic E-state index is 0.316. The molecule has 1 atom stereocenters. The van der Waals surface area contributed by atoms with E-state index in [4.69, 9.17) is 9.15 Å². The third-order valence-corrected chi connectivity index (χ3v) is 4.82. The van der Waals surface area contributed by atoms with Crippen molar-refractivity contribution in [3.8, 4) is 11.6 Å². The molecule has 1 spiro atoms. The Morgan fingerprint density at radius 2 is 2.46 bits per heavy atom. The molecule has 1 unspecified atom stereocenters. The smallest absolute Gasteiger partial charge is 0.216 e. The van der Waals surface area contributed by atoms with Crippen LogP contribution in [0.3, 0.4) is 0 Å². The lowest BCUT2D eigenvalue weighted by Gasteiger charge is -2.24. The predicted octanol–water partition coefficient (Wildman–Crippen LogP) is 1.25. The quantitative estimate of drug-likeness (QED) is 0.650. The number of H-pyrrole nitrogens is 1. The first-order valence-corrected chi connectivity index (χ1v) is 8.27. The van der Waals surface area contributed by atoms with Crippen molar-refractivity contribution in [2.75, 3.05) is 33.4 Å². The summed E-state index contributed by atoms with van der Waals surface area (Å²) in [5.41, 5.74) is 0.316. The lowest BCUT2D eigenvalue weighted by molar-refractivity contribution is 0.156. The van der Waals surface area contributed by atoms with Crippen LogP contribution >= 0.6 is 0 Å². The molecule has 4 heterocycles. The highest BCUT2D eigenvalue weighted by Gasteiger charge is 2.42. The number of furan rings is 1. The second-order valence-electron chi connectivity index (χ2n) is 6.46. The molecule has 2 aliphatic heterocycles. The van der Waals surface area contributed by atoms with Crippen molar-refractivity contribution in [1.82, 2.24) is 25.4 Å². The van der Waals surface area contributed by atoms with Crippen molar-refractivity contribution < 1.29 is 9.15 Å². The Balaban J connectivity index is 1.36. The molecule has 0 radical (unpaired) electrons. The summed E-state index contributed by atoms with van der Waals surface area (Å²) in [5, 5.41) is 10.5. The van der Waals surface area contributed by atoms with Gasteiger partial charge in [0.25, 0.3) is 0 Å². The second kappa shape index (κ2) is 6.27. The number of guanidine groups is 1. The predicted molar refractivity (Wildman–Crippen MR) is 88.3 cm³/mol. The third kappa shape index (κ3) is 2.89.